The number of carbonyl (C=O) groups is 1. The zero-order valence-electron chi connectivity index (χ0n) is 6.73. The zero-order chi connectivity index (χ0) is 8.81. The number of carboxylic acids is 1. The van der Waals surface area contributed by atoms with Crippen molar-refractivity contribution in [3.63, 3.8) is 0 Å². The average molecular weight is 172 g/mol. The summed E-state index contributed by atoms with van der Waals surface area (Å²) < 4.78 is 10.3. The van der Waals surface area contributed by atoms with E-state index in [0.717, 1.165) is 19.1 Å². The molecule has 0 amide bonds. The minimum absolute atomic E-state index is 0.142. The van der Waals surface area contributed by atoms with Gasteiger partial charge in [-0.15, -0.1) is 0 Å². The minimum Gasteiger partial charge on any atom is -0.478 e. The van der Waals surface area contributed by atoms with Crippen molar-refractivity contribution in [3.05, 3.63) is 12.2 Å². The molecule has 1 saturated heterocycles. The van der Waals surface area contributed by atoms with Gasteiger partial charge in [-0.2, -0.15) is 0 Å². The highest BCUT2D eigenvalue weighted by Crippen LogP contribution is 2.07. The molecule has 0 aliphatic carbocycles. The average Bonchev–Trinajstić information content (AvgIpc) is 2.49. The van der Waals surface area contributed by atoms with Gasteiger partial charge in [-0.25, -0.2) is 4.79 Å². The maximum absolute atomic E-state index is 10.0. The number of rotatable bonds is 4. The Morgan fingerprint density at radius 1 is 1.75 bits per heavy atom. The number of hydrogen-bond donors (Lipinski definition) is 1. The van der Waals surface area contributed by atoms with E-state index in [-0.39, 0.29) is 6.10 Å². The number of hydrogen-bond acceptors (Lipinski definition) is 3. The largest absolute Gasteiger partial charge is 0.478 e. The van der Waals surface area contributed by atoms with Crippen molar-refractivity contribution >= 4 is 5.97 Å². The summed E-state index contributed by atoms with van der Waals surface area (Å²) in [4.78, 5) is 10.0. The molecule has 1 aliphatic heterocycles. The zero-order valence-corrected chi connectivity index (χ0v) is 6.73. The van der Waals surface area contributed by atoms with Crippen LogP contribution in [0.2, 0.25) is 0 Å². The normalized spacial score (nSPS) is 23.5. The van der Waals surface area contributed by atoms with E-state index in [1.807, 2.05) is 0 Å². The van der Waals surface area contributed by atoms with Gasteiger partial charge in [0.05, 0.1) is 19.3 Å². The lowest BCUT2D eigenvalue weighted by molar-refractivity contribution is -0.131. The number of carboxylic acid groups (broad SMARTS) is 1. The van der Waals surface area contributed by atoms with Gasteiger partial charge in [0.1, 0.15) is 0 Å². The van der Waals surface area contributed by atoms with Gasteiger partial charge in [-0.05, 0) is 6.42 Å². The molecule has 1 fully saturated rings. The van der Waals surface area contributed by atoms with E-state index in [0.29, 0.717) is 13.2 Å². The lowest BCUT2D eigenvalue weighted by Crippen LogP contribution is -2.12. The Hall–Kier alpha value is -0.870. The summed E-state index contributed by atoms with van der Waals surface area (Å²) in [5, 5.41) is 8.24. The first-order chi connectivity index (χ1) is 5.79. The highest BCUT2D eigenvalue weighted by Gasteiger charge is 2.14. The van der Waals surface area contributed by atoms with Crippen LogP contribution in [0.3, 0.4) is 0 Å². The summed E-state index contributed by atoms with van der Waals surface area (Å²) in [5.74, 6) is -0.943. The summed E-state index contributed by atoms with van der Waals surface area (Å²) in [6.45, 7) is 1.72. The standard InChI is InChI=1S/C8H12O4/c9-8(10)2-1-4-12-7-3-5-11-6-7/h1-2,7H,3-6H2,(H,9,10). The molecule has 1 aliphatic rings. The fraction of sp³-hybridized carbons (Fsp3) is 0.625. The molecular formula is C8H12O4. The summed E-state index contributed by atoms with van der Waals surface area (Å²) in [6.07, 6.45) is 3.61. The Bertz CT molecular complexity index is 170. The van der Waals surface area contributed by atoms with E-state index in [4.69, 9.17) is 14.6 Å². The first kappa shape index (κ1) is 9.22. The first-order valence-electron chi connectivity index (χ1n) is 3.88. The van der Waals surface area contributed by atoms with Crippen LogP contribution in [0.1, 0.15) is 6.42 Å². The van der Waals surface area contributed by atoms with Crippen LogP contribution in [0.5, 0.6) is 0 Å². The van der Waals surface area contributed by atoms with Gasteiger partial charge in [-0.3, -0.25) is 0 Å². The molecule has 0 aromatic heterocycles. The summed E-state index contributed by atoms with van der Waals surface area (Å²) in [6, 6.07) is 0. The van der Waals surface area contributed by atoms with Crippen molar-refractivity contribution in [3.8, 4) is 0 Å². The molecule has 0 radical (unpaired) electrons. The summed E-state index contributed by atoms with van der Waals surface area (Å²) in [7, 11) is 0. The molecule has 0 spiro atoms. The number of aliphatic carboxylic acids is 1. The van der Waals surface area contributed by atoms with Gasteiger partial charge in [0.2, 0.25) is 0 Å². The van der Waals surface area contributed by atoms with Crippen LogP contribution in [0.15, 0.2) is 12.2 Å². The second-order valence-corrected chi connectivity index (χ2v) is 2.56. The molecule has 1 unspecified atom stereocenters. The Balaban J connectivity index is 2.05. The highest BCUT2D eigenvalue weighted by atomic mass is 16.5. The van der Waals surface area contributed by atoms with Crippen LogP contribution >= 0.6 is 0 Å². The topological polar surface area (TPSA) is 55.8 Å². The maximum Gasteiger partial charge on any atom is 0.328 e. The summed E-state index contributed by atoms with van der Waals surface area (Å²) in [5.41, 5.74) is 0. The van der Waals surface area contributed by atoms with Crippen molar-refractivity contribution in [1.29, 1.82) is 0 Å². The molecule has 0 aromatic carbocycles. The maximum atomic E-state index is 10.0. The van der Waals surface area contributed by atoms with Gasteiger partial charge in [-0.1, -0.05) is 6.08 Å². The molecule has 1 heterocycles. The second-order valence-electron chi connectivity index (χ2n) is 2.56. The van der Waals surface area contributed by atoms with Crippen LogP contribution in [0, 0.1) is 0 Å². The van der Waals surface area contributed by atoms with E-state index in [2.05, 4.69) is 0 Å². The van der Waals surface area contributed by atoms with Crippen LogP contribution < -0.4 is 0 Å². The lowest BCUT2D eigenvalue weighted by Gasteiger charge is -2.05. The molecule has 68 valence electrons. The molecule has 4 nitrogen and oxygen atoms in total. The predicted molar refractivity (Wildman–Crippen MR) is 42.0 cm³/mol. The molecule has 1 rings (SSSR count). The van der Waals surface area contributed by atoms with Gasteiger partial charge in [0.25, 0.3) is 0 Å². The predicted octanol–water partition coefficient (Wildman–Crippen LogP) is 0.433. The van der Waals surface area contributed by atoms with Crippen molar-refractivity contribution in [2.24, 2.45) is 0 Å². The van der Waals surface area contributed by atoms with E-state index >= 15 is 0 Å². The molecular weight excluding hydrogens is 160 g/mol. The third-order valence-corrected chi connectivity index (χ3v) is 1.58. The quantitative estimate of drug-likeness (QED) is 0.625. The molecule has 12 heavy (non-hydrogen) atoms. The van der Waals surface area contributed by atoms with Crippen molar-refractivity contribution in [1.82, 2.24) is 0 Å². The van der Waals surface area contributed by atoms with E-state index < -0.39 is 5.97 Å². The van der Waals surface area contributed by atoms with Crippen molar-refractivity contribution < 1.29 is 19.4 Å². The van der Waals surface area contributed by atoms with Crippen LogP contribution in [-0.4, -0.2) is 37.0 Å². The van der Waals surface area contributed by atoms with Gasteiger partial charge in [0.15, 0.2) is 0 Å². The van der Waals surface area contributed by atoms with Gasteiger partial charge in [0, 0.05) is 12.7 Å². The monoisotopic (exact) mass is 172 g/mol. The third kappa shape index (κ3) is 3.50. The Kier molecular flexibility index (Phi) is 3.76. The molecule has 1 atom stereocenters. The first-order valence-corrected chi connectivity index (χ1v) is 3.88. The smallest absolute Gasteiger partial charge is 0.328 e. The van der Waals surface area contributed by atoms with Crippen LogP contribution in [0.25, 0.3) is 0 Å². The fourth-order valence-corrected chi connectivity index (χ4v) is 0.985. The third-order valence-electron chi connectivity index (χ3n) is 1.58. The summed E-state index contributed by atoms with van der Waals surface area (Å²) >= 11 is 0. The van der Waals surface area contributed by atoms with E-state index in [1.165, 1.54) is 6.08 Å². The Morgan fingerprint density at radius 3 is 3.17 bits per heavy atom. The second kappa shape index (κ2) is 4.90. The van der Waals surface area contributed by atoms with E-state index in [9.17, 15) is 4.79 Å². The van der Waals surface area contributed by atoms with Crippen LogP contribution in [0.4, 0.5) is 0 Å². The van der Waals surface area contributed by atoms with Crippen molar-refractivity contribution in [2.75, 3.05) is 19.8 Å². The molecule has 0 saturated carbocycles. The molecule has 0 aromatic rings. The molecule has 0 bridgehead atoms. The molecule has 4 heteroatoms. The lowest BCUT2D eigenvalue weighted by atomic mass is 10.3. The number of ether oxygens (including phenoxy) is 2. The Morgan fingerprint density at radius 2 is 2.58 bits per heavy atom. The van der Waals surface area contributed by atoms with Gasteiger partial charge < -0.3 is 14.6 Å². The van der Waals surface area contributed by atoms with Crippen molar-refractivity contribution in [2.45, 2.75) is 12.5 Å². The fourth-order valence-electron chi connectivity index (χ4n) is 0.985. The SMILES string of the molecule is O=C(O)C=CCOC1CCOC1. The molecule has 1 N–H and O–H groups in total. The van der Waals surface area contributed by atoms with E-state index in [1.54, 1.807) is 0 Å². The minimum atomic E-state index is -0.943. The van der Waals surface area contributed by atoms with Gasteiger partial charge >= 0.3 is 5.97 Å². The highest BCUT2D eigenvalue weighted by molar-refractivity contribution is 5.79. The van der Waals surface area contributed by atoms with Crippen LogP contribution in [-0.2, 0) is 14.3 Å². The Labute approximate surface area is 70.8 Å².